The summed E-state index contributed by atoms with van der Waals surface area (Å²) < 4.78 is 22.0. The number of nitrogens with one attached hydrogen (secondary N) is 1. The molecule has 3 aromatic rings. The largest absolute Gasteiger partial charge is 0.497 e. The van der Waals surface area contributed by atoms with Crippen LogP contribution >= 0.6 is 0 Å². The summed E-state index contributed by atoms with van der Waals surface area (Å²) in [5.74, 6) is 1.35. The van der Waals surface area contributed by atoms with Gasteiger partial charge in [0.05, 0.1) is 25.5 Å². The molecule has 0 saturated carbocycles. The minimum Gasteiger partial charge on any atom is -0.497 e. The molecule has 0 heterocycles. The molecule has 8 heteroatoms. The molecule has 0 aliphatic heterocycles. The highest BCUT2D eigenvalue weighted by atomic mass is 16.6. The SMILES string of the molecule is CCOc1cc(C=NNC(=O)COc2cc(C)ccc2C(C)C)ccc1OC(=O)c1ccc(OC)cc1. The van der Waals surface area contributed by atoms with Crippen molar-refractivity contribution in [1.82, 2.24) is 5.43 Å². The van der Waals surface area contributed by atoms with Gasteiger partial charge < -0.3 is 18.9 Å². The van der Waals surface area contributed by atoms with Gasteiger partial charge in [-0.2, -0.15) is 5.10 Å². The van der Waals surface area contributed by atoms with Crippen LogP contribution < -0.4 is 24.4 Å². The Kier molecular flexibility index (Phi) is 9.66. The predicted octanol–water partition coefficient (Wildman–Crippen LogP) is 5.27. The standard InChI is InChI=1S/C29H32N2O6/c1-6-35-27-16-21(8-14-25(27)37-29(33)22-9-11-23(34-5)12-10-22)17-30-31-28(32)18-36-26-15-20(4)7-13-24(26)19(2)3/h7-17,19H,6,18H2,1-5H3,(H,31,32). The number of hydrazone groups is 1. The number of ether oxygens (including phenoxy) is 4. The van der Waals surface area contributed by atoms with Gasteiger partial charge in [-0.15, -0.1) is 0 Å². The molecule has 0 aliphatic rings. The van der Waals surface area contributed by atoms with E-state index in [4.69, 9.17) is 18.9 Å². The smallest absolute Gasteiger partial charge is 0.343 e. The van der Waals surface area contributed by atoms with Crippen molar-refractivity contribution < 1.29 is 28.5 Å². The van der Waals surface area contributed by atoms with Gasteiger partial charge in [-0.3, -0.25) is 4.79 Å². The van der Waals surface area contributed by atoms with Crippen LogP contribution in [0.2, 0.25) is 0 Å². The van der Waals surface area contributed by atoms with E-state index in [0.29, 0.717) is 35.0 Å². The number of hydrogen-bond donors (Lipinski definition) is 1. The molecule has 8 nitrogen and oxygen atoms in total. The zero-order chi connectivity index (χ0) is 26.8. The fourth-order valence-corrected chi connectivity index (χ4v) is 3.44. The van der Waals surface area contributed by atoms with Crippen molar-refractivity contribution in [3.63, 3.8) is 0 Å². The number of carbonyl (C=O) groups excluding carboxylic acids is 2. The summed E-state index contributed by atoms with van der Waals surface area (Å²) in [6, 6.07) is 17.6. The van der Waals surface area contributed by atoms with E-state index in [2.05, 4.69) is 24.4 Å². The normalized spacial score (nSPS) is 10.9. The Hall–Kier alpha value is -4.33. The molecule has 1 amide bonds. The number of methoxy groups -OCH3 is 1. The minimum absolute atomic E-state index is 0.162. The van der Waals surface area contributed by atoms with Crippen LogP contribution in [0.3, 0.4) is 0 Å². The van der Waals surface area contributed by atoms with Crippen LogP contribution in [-0.2, 0) is 4.79 Å². The molecule has 0 bridgehead atoms. The Morgan fingerprint density at radius 1 is 0.946 bits per heavy atom. The monoisotopic (exact) mass is 504 g/mol. The second-order valence-electron chi connectivity index (χ2n) is 8.54. The van der Waals surface area contributed by atoms with E-state index < -0.39 is 5.97 Å². The van der Waals surface area contributed by atoms with Crippen LogP contribution in [0.1, 0.15) is 53.7 Å². The average molecular weight is 505 g/mol. The molecule has 37 heavy (non-hydrogen) atoms. The maximum atomic E-state index is 12.5. The van der Waals surface area contributed by atoms with Crippen molar-refractivity contribution in [3.05, 3.63) is 82.9 Å². The highest BCUT2D eigenvalue weighted by Crippen LogP contribution is 2.29. The van der Waals surface area contributed by atoms with E-state index in [1.807, 2.05) is 32.0 Å². The molecule has 194 valence electrons. The number of hydrogen-bond acceptors (Lipinski definition) is 7. The summed E-state index contributed by atoms with van der Waals surface area (Å²) in [4.78, 5) is 24.8. The van der Waals surface area contributed by atoms with Crippen LogP contribution in [0.15, 0.2) is 65.8 Å². The average Bonchev–Trinajstić information content (AvgIpc) is 2.89. The number of benzene rings is 3. The predicted molar refractivity (Wildman–Crippen MR) is 142 cm³/mol. The van der Waals surface area contributed by atoms with Gasteiger partial charge in [0, 0.05) is 0 Å². The molecule has 3 rings (SSSR count). The van der Waals surface area contributed by atoms with Crippen molar-refractivity contribution in [3.8, 4) is 23.0 Å². The molecule has 0 saturated heterocycles. The van der Waals surface area contributed by atoms with Crippen molar-refractivity contribution in [2.45, 2.75) is 33.6 Å². The second kappa shape index (κ2) is 13.1. The van der Waals surface area contributed by atoms with Gasteiger partial charge in [0.2, 0.25) is 0 Å². The van der Waals surface area contributed by atoms with E-state index in [-0.39, 0.29) is 24.2 Å². The van der Waals surface area contributed by atoms with Gasteiger partial charge in [0.1, 0.15) is 11.5 Å². The molecular weight excluding hydrogens is 472 g/mol. The first-order valence-corrected chi connectivity index (χ1v) is 12.0. The Balaban J connectivity index is 1.61. The van der Waals surface area contributed by atoms with Crippen molar-refractivity contribution in [1.29, 1.82) is 0 Å². The molecule has 0 atom stereocenters. The minimum atomic E-state index is -0.522. The van der Waals surface area contributed by atoms with E-state index in [0.717, 1.165) is 11.1 Å². The van der Waals surface area contributed by atoms with Gasteiger partial charge in [-0.1, -0.05) is 26.0 Å². The fourth-order valence-electron chi connectivity index (χ4n) is 3.44. The molecule has 0 radical (unpaired) electrons. The van der Waals surface area contributed by atoms with Crippen molar-refractivity contribution >= 4 is 18.1 Å². The van der Waals surface area contributed by atoms with Gasteiger partial charge in [-0.25, -0.2) is 10.2 Å². The number of esters is 1. The summed E-state index contributed by atoms with van der Waals surface area (Å²) in [6.07, 6.45) is 1.47. The second-order valence-corrected chi connectivity index (χ2v) is 8.54. The van der Waals surface area contributed by atoms with Crippen LogP contribution in [0.25, 0.3) is 0 Å². The van der Waals surface area contributed by atoms with Crippen LogP contribution in [0, 0.1) is 6.92 Å². The lowest BCUT2D eigenvalue weighted by atomic mass is 10.0. The Morgan fingerprint density at radius 3 is 2.38 bits per heavy atom. The molecule has 0 aliphatic carbocycles. The third-order valence-corrected chi connectivity index (χ3v) is 5.35. The Morgan fingerprint density at radius 2 is 1.70 bits per heavy atom. The third kappa shape index (κ3) is 7.83. The highest BCUT2D eigenvalue weighted by Gasteiger charge is 2.14. The highest BCUT2D eigenvalue weighted by molar-refractivity contribution is 5.92. The van der Waals surface area contributed by atoms with Gasteiger partial charge in [0.25, 0.3) is 5.91 Å². The number of carbonyl (C=O) groups is 2. The first-order chi connectivity index (χ1) is 17.8. The molecule has 0 unspecified atom stereocenters. The first-order valence-electron chi connectivity index (χ1n) is 12.0. The number of aryl methyl sites for hydroxylation is 1. The lowest BCUT2D eigenvalue weighted by Gasteiger charge is -2.14. The third-order valence-electron chi connectivity index (χ3n) is 5.35. The molecular formula is C29H32N2O6. The zero-order valence-corrected chi connectivity index (χ0v) is 21.7. The van der Waals surface area contributed by atoms with Crippen LogP contribution in [0.5, 0.6) is 23.0 Å². The lowest BCUT2D eigenvalue weighted by molar-refractivity contribution is -0.123. The molecule has 3 aromatic carbocycles. The van der Waals surface area contributed by atoms with Crippen molar-refractivity contribution in [2.24, 2.45) is 5.10 Å². The first kappa shape index (κ1) is 27.3. The lowest BCUT2D eigenvalue weighted by Crippen LogP contribution is -2.25. The number of amides is 1. The fraction of sp³-hybridized carbons (Fsp3) is 0.276. The maximum absolute atomic E-state index is 12.5. The molecule has 0 spiro atoms. The Labute approximate surface area is 217 Å². The van der Waals surface area contributed by atoms with Gasteiger partial charge in [-0.05, 0) is 85.0 Å². The summed E-state index contributed by atoms with van der Waals surface area (Å²) in [5.41, 5.74) is 5.59. The van der Waals surface area contributed by atoms with Crippen LogP contribution in [-0.4, -0.2) is 38.4 Å². The molecule has 0 aromatic heterocycles. The quantitative estimate of drug-likeness (QED) is 0.165. The maximum Gasteiger partial charge on any atom is 0.343 e. The Bertz CT molecular complexity index is 1250. The van der Waals surface area contributed by atoms with Crippen molar-refractivity contribution in [2.75, 3.05) is 20.3 Å². The van der Waals surface area contributed by atoms with E-state index in [1.54, 1.807) is 49.6 Å². The summed E-state index contributed by atoms with van der Waals surface area (Å²) >= 11 is 0. The van der Waals surface area contributed by atoms with E-state index >= 15 is 0 Å². The van der Waals surface area contributed by atoms with E-state index in [1.165, 1.54) is 6.21 Å². The van der Waals surface area contributed by atoms with Crippen LogP contribution in [0.4, 0.5) is 0 Å². The summed E-state index contributed by atoms with van der Waals surface area (Å²) in [5, 5.41) is 4.00. The summed E-state index contributed by atoms with van der Waals surface area (Å²) in [6.45, 7) is 8.16. The number of nitrogens with zero attached hydrogens (tertiary/aromatic N) is 1. The molecule has 1 N–H and O–H groups in total. The zero-order valence-electron chi connectivity index (χ0n) is 21.7. The van der Waals surface area contributed by atoms with E-state index in [9.17, 15) is 9.59 Å². The van der Waals surface area contributed by atoms with Gasteiger partial charge >= 0.3 is 5.97 Å². The number of rotatable bonds is 11. The molecule has 0 fully saturated rings. The topological polar surface area (TPSA) is 95.5 Å². The summed E-state index contributed by atoms with van der Waals surface area (Å²) in [7, 11) is 1.56. The van der Waals surface area contributed by atoms with Gasteiger partial charge in [0.15, 0.2) is 18.1 Å².